The number of nitrogens with zero attached hydrogens (tertiary/aromatic N) is 2. The summed E-state index contributed by atoms with van der Waals surface area (Å²) in [5.74, 6) is 0. The molecule has 2 saturated carbocycles. The Kier molecular flexibility index (Phi) is 2.09. The first kappa shape index (κ1) is 9.40. The minimum absolute atomic E-state index is 0.0921. The fourth-order valence-electron chi connectivity index (χ4n) is 2.54. The summed E-state index contributed by atoms with van der Waals surface area (Å²) in [4.78, 5) is 0. The van der Waals surface area contributed by atoms with E-state index in [1.807, 2.05) is 0 Å². The molecule has 15 heavy (non-hydrogen) atoms. The molecule has 0 unspecified atom stereocenters. The van der Waals surface area contributed by atoms with Crippen LogP contribution in [0.4, 0.5) is 0 Å². The minimum Gasteiger partial charge on any atom is -0.325 e. The van der Waals surface area contributed by atoms with E-state index in [1.165, 1.54) is 44.2 Å². The van der Waals surface area contributed by atoms with E-state index in [-0.39, 0.29) is 5.54 Å². The molecule has 2 aliphatic rings. The number of hydrogen-bond acceptors (Lipinski definition) is 2. The second kappa shape index (κ2) is 3.34. The van der Waals surface area contributed by atoms with Gasteiger partial charge in [-0.25, -0.2) is 0 Å². The van der Waals surface area contributed by atoms with Gasteiger partial charge < -0.3 is 5.73 Å². The molecular formula is C12H19N3. The van der Waals surface area contributed by atoms with Gasteiger partial charge in [0.15, 0.2) is 0 Å². The van der Waals surface area contributed by atoms with Crippen molar-refractivity contribution in [2.24, 2.45) is 5.73 Å². The Morgan fingerprint density at radius 1 is 1.40 bits per heavy atom. The van der Waals surface area contributed by atoms with Gasteiger partial charge in [0.05, 0.1) is 11.7 Å². The molecule has 0 amide bonds. The van der Waals surface area contributed by atoms with Gasteiger partial charge in [0.1, 0.15) is 0 Å². The summed E-state index contributed by atoms with van der Waals surface area (Å²) in [6.45, 7) is 0. The molecule has 0 bridgehead atoms. The minimum atomic E-state index is 0.0921. The Labute approximate surface area is 90.7 Å². The van der Waals surface area contributed by atoms with E-state index in [0.717, 1.165) is 6.42 Å². The van der Waals surface area contributed by atoms with Crippen LogP contribution in [-0.4, -0.2) is 15.3 Å². The van der Waals surface area contributed by atoms with Crippen LogP contribution in [0.2, 0.25) is 0 Å². The van der Waals surface area contributed by atoms with E-state index >= 15 is 0 Å². The molecule has 2 N–H and O–H groups in total. The lowest BCUT2D eigenvalue weighted by atomic mass is 10.1. The topological polar surface area (TPSA) is 43.8 Å². The lowest BCUT2D eigenvalue weighted by Gasteiger charge is -2.09. The van der Waals surface area contributed by atoms with Crippen LogP contribution in [0.1, 0.15) is 50.3 Å². The van der Waals surface area contributed by atoms with E-state index in [0.29, 0.717) is 6.04 Å². The third-order valence-corrected chi connectivity index (χ3v) is 3.79. The van der Waals surface area contributed by atoms with Crippen LogP contribution in [0.5, 0.6) is 0 Å². The maximum Gasteiger partial charge on any atom is 0.0643 e. The fourth-order valence-corrected chi connectivity index (χ4v) is 2.54. The summed E-state index contributed by atoms with van der Waals surface area (Å²) in [6.07, 6.45) is 10.8. The van der Waals surface area contributed by atoms with E-state index in [4.69, 9.17) is 5.73 Å². The van der Waals surface area contributed by atoms with Crippen LogP contribution in [0, 0.1) is 0 Å². The lowest BCUT2D eigenvalue weighted by molar-refractivity contribution is 0.460. The smallest absolute Gasteiger partial charge is 0.0643 e. The monoisotopic (exact) mass is 205 g/mol. The van der Waals surface area contributed by atoms with Crippen molar-refractivity contribution >= 4 is 0 Å². The molecule has 0 aliphatic heterocycles. The molecule has 0 atom stereocenters. The first-order valence-corrected chi connectivity index (χ1v) is 6.08. The number of aromatic nitrogens is 2. The Bertz CT molecular complexity index is 346. The van der Waals surface area contributed by atoms with Crippen molar-refractivity contribution in [1.29, 1.82) is 0 Å². The highest BCUT2D eigenvalue weighted by Crippen LogP contribution is 2.35. The van der Waals surface area contributed by atoms with Crippen LogP contribution in [0.3, 0.4) is 0 Å². The molecule has 0 aromatic carbocycles. The largest absolute Gasteiger partial charge is 0.325 e. The van der Waals surface area contributed by atoms with Crippen molar-refractivity contribution in [3.63, 3.8) is 0 Å². The molecule has 1 aromatic heterocycles. The van der Waals surface area contributed by atoms with Gasteiger partial charge >= 0.3 is 0 Å². The van der Waals surface area contributed by atoms with Gasteiger partial charge in [-0.15, -0.1) is 0 Å². The molecular weight excluding hydrogens is 186 g/mol. The van der Waals surface area contributed by atoms with Crippen molar-refractivity contribution in [1.82, 2.24) is 9.78 Å². The Balaban J connectivity index is 1.69. The van der Waals surface area contributed by atoms with Gasteiger partial charge in [0.2, 0.25) is 0 Å². The molecule has 0 radical (unpaired) electrons. The van der Waals surface area contributed by atoms with Crippen LogP contribution < -0.4 is 5.73 Å². The predicted molar refractivity (Wildman–Crippen MR) is 59.6 cm³/mol. The van der Waals surface area contributed by atoms with Crippen molar-refractivity contribution in [2.45, 2.75) is 56.5 Å². The first-order valence-electron chi connectivity index (χ1n) is 6.08. The molecule has 0 saturated heterocycles. The molecule has 1 aromatic rings. The van der Waals surface area contributed by atoms with E-state index in [9.17, 15) is 0 Å². The number of hydrogen-bond donors (Lipinski definition) is 1. The van der Waals surface area contributed by atoms with Gasteiger partial charge in [0, 0.05) is 18.2 Å². The highest BCUT2D eigenvalue weighted by atomic mass is 15.3. The summed E-state index contributed by atoms with van der Waals surface area (Å²) in [7, 11) is 0. The van der Waals surface area contributed by atoms with Gasteiger partial charge in [-0.2, -0.15) is 5.10 Å². The predicted octanol–water partition coefficient (Wildman–Crippen LogP) is 2.03. The van der Waals surface area contributed by atoms with Gasteiger partial charge in [-0.3, -0.25) is 4.68 Å². The maximum atomic E-state index is 6.09. The molecule has 0 spiro atoms. The van der Waals surface area contributed by atoms with Crippen molar-refractivity contribution in [2.75, 3.05) is 0 Å². The van der Waals surface area contributed by atoms with Crippen LogP contribution >= 0.6 is 0 Å². The summed E-state index contributed by atoms with van der Waals surface area (Å²) >= 11 is 0. The highest BCUT2D eigenvalue weighted by Gasteiger charge is 2.38. The Morgan fingerprint density at radius 2 is 2.13 bits per heavy atom. The third kappa shape index (κ3) is 1.93. The van der Waals surface area contributed by atoms with Crippen molar-refractivity contribution in [3.8, 4) is 0 Å². The summed E-state index contributed by atoms with van der Waals surface area (Å²) < 4.78 is 2.16. The Hall–Kier alpha value is -0.830. The average molecular weight is 205 g/mol. The molecule has 82 valence electrons. The zero-order chi connectivity index (χ0) is 10.3. The van der Waals surface area contributed by atoms with E-state index < -0.39 is 0 Å². The molecule has 1 heterocycles. The van der Waals surface area contributed by atoms with E-state index in [1.54, 1.807) is 0 Å². The molecule has 3 nitrogen and oxygen atoms in total. The van der Waals surface area contributed by atoms with Gasteiger partial charge in [0.25, 0.3) is 0 Å². The normalized spacial score (nSPS) is 24.6. The number of rotatable bonds is 3. The molecule has 2 aliphatic carbocycles. The summed E-state index contributed by atoms with van der Waals surface area (Å²) in [5, 5.41) is 4.65. The molecule has 3 heteroatoms. The van der Waals surface area contributed by atoms with Crippen LogP contribution in [-0.2, 0) is 6.42 Å². The van der Waals surface area contributed by atoms with Crippen molar-refractivity contribution < 1.29 is 0 Å². The first-order chi connectivity index (χ1) is 7.25. The zero-order valence-corrected chi connectivity index (χ0v) is 9.15. The zero-order valence-electron chi connectivity index (χ0n) is 9.15. The SMILES string of the molecule is NC1(Cc2ccn(C3CCCC3)n2)CC1. The van der Waals surface area contributed by atoms with E-state index in [2.05, 4.69) is 22.0 Å². The third-order valence-electron chi connectivity index (χ3n) is 3.79. The summed E-state index contributed by atoms with van der Waals surface area (Å²) in [6, 6.07) is 2.80. The standard InChI is InChI=1S/C12H19N3/c13-12(6-7-12)9-10-5-8-15(14-10)11-3-1-2-4-11/h5,8,11H,1-4,6-7,9,13H2. The Morgan fingerprint density at radius 3 is 2.80 bits per heavy atom. The quantitative estimate of drug-likeness (QED) is 0.820. The second-order valence-corrected chi connectivity index (χ2v) is 5.26. The van der Waals surface area contributed by atoms with Gasteiger partial charge in [-0.1, -0.05) is 12.8 Å². The molecule has 2 fully saturated rings. The number of nitrogens with two attached hydrogens (primary N) is 1. The van der Waals surface area contributed by atoms with Crippen LogP contribution in [0.25, 0.3) is 0 Å². The van der Waals surface area contributed by atoms with Gasteiger partial charge in [-0.05, 0) is 31.7 Å². The van der Waals surface area contributed by atoms with Crippen molar-refractivity contribution in [3.05, 3.63) is 18.0 Å². The lowest BCUT2D eigenvalue weighted by Crippen LogP contribution is -2.24. The van der Waals surface area contributed by atoms with Crippen LogP contribution in [0.15, 0.2) is 12.3 Å². The maximum absolute atomic E-state index is 6.09. The summed E-state index contributed by atoms with van der Waals surface area (Å²) in [5.41, 5.74) is 7.37. The highest BCUT2D eigenvalue weighted by molar-refractivity contribution is 5.11. The molecule has 3 rings (SSSR count). The fraction of sp³-hybridized carbons (Fsp3) is 0.750. The average Bonchev–Trinajstić information content (AvgIpc) is 2.73. The second-order valence-electron chi connectivity index (χ2n) is 5.26.